The molecule has 0 aliphatic heterocycles. The lowest BCUT2D eigenvalue weighted by molar-refractivity contribution is 0.102. The summed E-state index contributed by atoms with van der Waals surface area (Å²) in [4.78, 5) is 12.7. The average Bonchev–Trinajstić information content (AvgIpc) is 3.46. The van der Waals surface area contributed by atoms with Crippen molar-refractivity contribution in [1.82, 2.24) is 20.4 Å². The van der Waals surface area contributed by atoms with Gasteiger partial charge in [-0.2, -0.15) is 10.2 Å². The minimum Gasteiger partial charge on any atom is -0.497 e. The Morgan fingerprint density at radius 3 is 2.66 bits per heavy atom. The topological polar surface area (TPSA) is 105 Å². The smallest absolute Gasteiger partial charge is 0.273 e. The number of carbonyl (C=O) groups is 1. The molecule has 3 N–H and O–H groups in total. The zero-order valence-electron chi connectivity index (χ0n) is 15.9. The van der Waals surface area contributed by atoms with Crippen LogP contribution in [0.25, 0.3) is 22.5 Å². The SMILES string of the molecule is COc1ccc(OC)c(-c2cc(C(=O)Nc3cccc(-c4ccn[nH]4)c3)[nH]n2)c1. The Morgan fingerprint density at radius 1 is 1.00 bits per heavy atom. The van der Waals surface area contributed by atoms with Gasteiger partial charge in [-0.05, 0) is 42.5 Å². The van der Waals surface area contributed by atoms with Crippen LogP contribution in [0.4, 0.5) is 5.69 Å². The third-order valence-corrected chi connectivity index (χ3v) is 4.44. The first-order valence-corrected chi connectivity index (χ1v) is 8.87. The van der Waals surface area contributed by atoms with Crippen molar-refractivity contribution in [1.29, 1.82) is 0 Å². The van der Waals surface area contributed by atoms with E-state index in [-0.39, 0.29) is 5.91 Å². The zero-order valence-corrected chi connectivity index (χ0v) is 15.9. The molecule has 4 rings (SSSR count). The number of hydrogen-bond donors (Lipinski definition) is 3. The second kappa shape index (κ2) is 7.89. The Hall–Kier alpha value is -4.07. The number of ether oxygens (including phenoxy) is 2. The van der Waals surface area contributed by atoms with Gasteiger partial charge in [-0.15, -0.1) is 0 Å². The molecule has 1 amide bonds. The van der Waals surface area contributed by atoms with E-state index in [2.05, 4.69) is 25.7 Å². The number of H-pyrrole nitrogens is 2. The quantitative estimate of drug-likeness (QED) is 0.466. The van der Waals surface area contributed by atoms with Gasteiger partial charge in [-0.1, -0.05) is 12.1 Å². The van der Waals surface area contributed by atoms with E-state index in [0.29, 0.717) is 28.6 Å². The van der Waals surface area contributed by atoms with E-state index in [9.17, 15) is 4.79 Å². The van der Waals surface area contributed by atoms with Crippen molar-refractivity contribution in [2.45, 2.75) is 0 Å². The number of aromatic nitrogens is 4. The second-order valence-electron chi connectivity index (χ2n) is 6.24. The van der Waals surface area contributed by atoms with Gasteiger partial charge in [0, 0.05) is 23.0 Å². The van der Waals surface area contributed by atoms with E-state index in [1.165, 1.54) is 0 Å². The lowest BCUT2D eigenvalue weighted by atomic mass is 10.1. The van der Waals surface area contributed by atoms with Crippen LogP contribution in [-0.2, 0) is 0 Å². The normalized spacial score (nSPS) is 10.6. The summed E-state index contributed by atoms with van der Waals surface area (Å²) in [5.74, 6) is 1.01. The van der Waals surface area contributed by atoms with Crippen LogP contribution in [0.3, 0.4) is 0 Å². The fourth-order valence-corrected chi connectivity index (χ4v) is 2.97. The number of methoxy groups -OCH3 is 2. The van der Waals surface area contributed by atoms with Crippen molar-refractivity contribution in [2.24, 2.45) is 0 Å². The van der Waals surface area contributed by atoms with Gasteiger partial charge < -0.3 is 14.8 Å². The van der Waals surface area contributed by atoms with Crippen molar-refractivity contribution < 1.29 is 14.3 Å². The Labute approximate surface area is 166 Å². The molecule has 8 nitrogen and oxygen atoms in total. The van der Waals surface area contributed by atoms with Crippen LogP contribution in [0, 0.1) is 0 Å². The van der Waals surface area contributed by atoms with Crippen LogP contribution in [0.15, 0.2) is 60.8 Å². The summed E-state index contributed by atoms with van der Waals surface area (Å²) in [6.07, 6.45) is 1.68. The summed E-state index contributed by atoms with van der Waals surface area (Å²) in [5, 5.41) is 16.8. The highest BCUT2D eigenvalue weighted by Crippen LogP contribution is 2.32. The molecule has 0 spiro atoms. The van der Waals surface area contributed by atoms with E-state index < -0.39 is 0 Å². The summed E-state index contributed by atoms with van der Waals surface area (Å²) in [5.41, 5.74) is 4.09. The number of hydrogen-bond acceptors (Lipinski definition) is 5. The van der Waals surface area contributed by atoms with E-state index in [1.807, 2.05) is 36.4 Å². The molecule has 2 aromatic heterocycles. The van der Waals surface area contributed by atoms with E-state index in [0.717, 1.165) is 16.8 Å². The fourth-order valence-electron chi connectivity index (χ4n) is 2.97. The second-order valence-corrected chi connectivity index (χ2v) is 6.24. The first-order valence-electron chi connectivity index (χ1n) is 8.87. The molecule has 4 aromatic rings. The average molecular weight is 389 g/mol. The lowest BCUT2D eigenvalue weighted by Crippen LogP contribution is -2.12. The third-order valence-electron chi connectivity index (χ3n) is 4.44. The lowest BCUT2D eigenvalue weighted by Gasteiger charge is -2.08. The molecule has 0 unspecified atom stereocenters. The number of amides is 1. The van der Waals surface area contributed by atoms with Gasteiger partial charge >= 0.3 is 0 Å². The number of aromatic amines is 2. The molecule has 0 radical (unpaired) electrons. The molecule has 2 aromatic carbocycles. The van der Waals surface area contributed by atoms with Gasteiger partial charge in [0.25, 0.3) is 5.91 Å². The Morgan fingerprint density at radius 2 is 1.90 bits per heavy atom. The van der Waals surface area contributed by atoms with E-state index in [1.54, 1.807) is 38.6 Å². The molecular formula is C21H19N5O3. The van der Waals surface area contributed by atoms with Crippen molar-refractivity contribution in [3.8, 4) is 34.0 Å². The van der Waals surface area contributed by atoms with Gasteiger partial charge in [0.2, 0.25) is 0 Å². The maximum Gasteiger partial charge on any atom is 0.273 e. The number of rotatable bonds is 6. The largest absolute Gasteiger partial charge is 0.497 e. The Bertz CT molecular complexity index is 1130. The van der Waals surface area contributed by atoms with Gasteiger partial charge in [0.1, 0.15) is 17.2 Å². The van der Waals surface area contributed by atoms with Crippen molar-refractivity contribution in [2.75, 3.05) is 19.5 Å². The molecular weight excluding hydrogens is 370 g/mol. The molecule has 0 saturated heterocycles. The molecule has 8 heteroatoms. The number of carbonyl (C=O) groups excluding carboxylic acids is 1. The maximum atomic E-state index is 12.7. The molecule has 0 aliphatic rings. The monoisotopic (exact) mass is 389 g/mol. The highest BCUT2D eigenvalue weighted by atomic mass is 16.5. The predicted molar refractivity (Wildman–Crippen MR) is 109 cm³/mol. The van der Waals surface area contributed by atoms with Crippen molar-refractivity contribution >= 4 is 11.6 Å². The fraction of sp³-hybridized carbons (Fsp3) is 0.0952. The number of benzene rings is 2. The first kappa shape index (κ1) is 18.3. The Kier molecular flexibility index (Phi) is 4.98. The van der Waals surface area contributed by atoms with Crippen LogP contribution < -0.4 is 14.8 Å². The summed E-state index contributed by atoms with van der Waals surface area (Å²) in [6, 6.07) is 16.4. The van der Waals surface area contributed by atoms with Crippen LogP contribution in [0.1, 0.15) is 10.5 Å². The number of nitrogens with zero attached hydrogens (tertiary/aromatic N) is 2. The maximum absolute atomic E-state index is 12.7. The summed E-state index contributed by atoms with van der Waals surface area (Å²) >= 11 is 0. The molecule has 0 bridgehead atoms. The van der Waals surface area contributed by atoms with Gasteiger partial charge in [0.15, 0.2) is 0 Å². The zero-order chi connectivity index (χ0) is 20.2. The standard InChI is InChI=1S/C21H19N5O3/c1-28-15-6-7-20(29-2)16(11-15)18-12-19(26-25-18)21(27)23-14-5-3-4-13(10-14)17-8-9-22-24-17/h3-12H,1-2H3,(H,22,24)(H,23,27)(H,25,26). The summed E-state index contributed by atoms with van der Waals surface area (Å²) < 4.78 is 10.7. The predicted octanol–water partition coefficient (Wildman–Crippen LogP) is 3.74. The molecule has 0 saturated carbocycles. The van der Waals surface area contributed by atoms with Crippen molar-refractivity contribution in [3.05, 3.63) is 66.5 Å². The molecule has 2 heterocycles. The third kappa shape index (κ3) is 3.81. The minimum atomic E-state index is -0.299. The number of anilines is 1. The first-order chi connectivity index (χ1) is 14.2. The van der Waals surface area contributed by atoms with Crippen molar-refractivity contribution in [3.63, 3.8) is 0 Å². The molecule has 0 atom stereocenters. The highest BCUT2D eigenvalue weighted by molar-refractivity contribution is 6.03. The van der Waals surface area contributed by atoms with E-state index in [4.69, 9.17) is 9.47 Å². The number of nitrogens with one attached hydrogen (secondary N) is 3. The minimum absolute atomic E-state index is 0.299. The molecule has 146 valence electrons. The van der Waals surface area contributed by atoms with Gasteiger partial charge in [0.05, 0.1) is 25.6 Å². The Balaban J connectivity index is 1.56. The summed E-state index contributed by atoms with van der Waals surface area (Å²) in [6.45, 7) is 0. The molecule has 0 aliphatic carbocycles. The molecule has 29 heavy (non-hydrogen) atoms. The van der Waals surface area contributed by atoms with Gasteiger partial charge in [-0.3, -0.25) is 15.0 Å². The van der Waals surface area contributed by atoms with Crippen LogP contribution in [0.2, 0.25) is 0 Å². The van der Waals surface area contributed by atoms with E-state index >= 15 is 0 Å². The summed E-state index contributed by atoms with van der Waals surface area (Å²) in [7, 11) is 3.17. The highest BCUT2D eigenvalue weighted by Gasteiger charge is 2.15. The molecule has 0 fully saturated rings. The van der Waals surface area contributed by atoms with Crippen LogP contribution in [0.5, 0.6) is 11.5 Å². The van der Waals surface area contributed by atoms with Crippen LogP contribution in [-0.4, -0.2) is 40.5 Å². The van der Waals surface area contributed by atoms with Gasteiger partial charge in [-0.25, -0.2) is 0 Å². The van der Waals surface area contributed by atoms with Crippen LogP contribution >= 0.6 is 0 Å².